The van der Waals surface area contributed by atoms with Gasteiger partial charge in [-0.05, 0) is 53.7 Å². The molecule has 7 nitrogen and oxygen atoms in total. The summed E-state index contributed by atoms with van der Waals surface area (Å²) in [6, 6.07) is 22.1. The van der Waals surface area contributed by atoms with Gasteiger partial charge in [0.2, 0.25) is 0 Å². The maximum atomic E-state index is 12.2. The third-order valence-electron chi connectivity index (χ3n) is 4.81. The summed E-state index contributed by atoms with van der Waals surface area (Å²) in [5.74, 6) is 0.563. The SMILES string of the molecule is COc1cc(/C=N\n2cc(-c3ccccc3)[nH]c2=S)ccc1OCC(=O)Nc1ccccc1Cl. The van der Waals surface area contributed by atoms with Gasteiger partial charge in [-0.3, -0.25) is 4.79 Å². The predicted octanol–water partition coefficient (Wildman–Crippen LogP) is 5.77. The number of aromatic amines is 1. The van der Waals surface area contributed by atoms with Gasteiger partial charge in [0.15, 0.2) is 22.9 Å². The van der Waals surface area contributed by atoms with Crippen molar-refractivity contribution >= 4 is 41.6 Å². The number of nitrogens with zero attached hydrogens (tertiary/aromatic N) is 2. The number of H-pyrrole nitrogens is 1. The first kappa shape index (κ1) is 23.3. The lowest BCUT2D eigenvalue weighted by molar-refractivity contribution is -0.118. The van der Waals surface area contributed by atoms with Gasteiger partial charge in [-0.15, -0.1) is 0 Å². The lowest BCUT2D eigenvalue weighted by Crippen LogP contribution is -2.20. The van der Waals surface area contributed by atoms with Crippen LogP contribution in [-0.4, -0.2) is 35.5 Å². The summed E-state index contributed by atoms with van der Waals surface area (Å²) in [5, 5.41) is 7.61. The number of carbonyl (C=O) groups is 1. The first-order valence-corrected chi connectivity index (χ1v) is 11.1. The molecule has 0 aliphatic rings. The van der Waals surface area contributed by atoms with Gasteiger partial charge >= 0.3 is 0 Å². The number of ether oxygens (including phenoxy) is 2. The third-order valence-corrected chi connectivity index (χ3v) is 5.43. The number of imidazole rings is 1. The fourth-order valence-corrected chi connectivity index (χ4v) is 3.53. The molecule has 0 atom stereocenters. The molecule has 0 saturated carbocycles. The first-order chi connectivity index (χ1) is 16.5. The van der Waals surface area contributed by atoms with E-state index in [9.17, 15) is 4.79 Å². The zero-order valence-electron chi connectivity index (χ0n) is 18.2. The highest BCUT2D eigenvalue weighted by molar-refractivity contribution is 7.71. The second-order valence-corrected chi connectivity index (χ2v) is 7.95. The number of rotatable bonds is 8. The number of benzene rings is 3. The Balaban J connectivity index is 1.43. The van der Waals surface area contributed by atoms with Crippen LogP contribution in [0.1, 0.15) is 5.56 Å². The number of carbonyl (C=O) groups excluding carboxylic acids is 1. The molecule has 2 N–H and O–H groups in total. The number of amides is 1. The van der Waals surface area contributed by atoms with E-state index in [4.69, 9.17) is 33.3 Å². The summed E-state index contributed by atoms with van der Waals surface area (Å²) in [5.41, 5.74) is 3.19. The predicted molar refractivity (Wildman–Crippen MR) is 137 cm³/mol. The topological polar surface area (TPSA) is 80.6 Å². The highest BCUT2D eigenvalue weighted by Gasteiger charge is 2.10. The number of halogens is 1. The van der Waals surface area contributed by atoms with E-state index in [1.54, 1.807) is 47.3 Å². The molecule has 34 heavy (non-hydrogen) atoms. The van der Waals surface area contributed by atoms with Crippen LogP contribution in [0.15, 0.2) is 84.1 Å². The van der Waals surface area contributed by atoms with E-state index in [1.807, 2.05) is 42.6 Å². The molecular formula is C25H21ClN4O3S. The average Bonchev–Trinajstić information content (AvgIpc) is 3.24. The molecular weight excluding hydrogens is 472 g/mol. The zero-order chi connectivity index (χ0) is 23.9. The van der Waals surface area contributed by atoms with Gasteiger partial charge in [0.05, 0.1) is 35.9 Å². The lowest BCUT2D eigenvalue weighted by atomic mass is 10.2. The molecule has 0 unspecified atom stereocenters. The van der Waals surface area contributed by atoms with Crippen LogP contribution in [0.25, 0.3) is 11.3 Å². The number of para-hydroxylation sites is 1. The van der Waals surface area contributed by atoms with Crippen LogP contribution in [0.3, 0.4) is 0 Å². The van der Waals surface area contributed by atoms with Crippen molar-refractivity contribution in [1.82, 2.24) is 9.66 Å². The van der Waals surface area contributed by atoms with E-state index in [2.05, 4.69) is 15.4 Å². The van der Waals surface area contributed by atoms with E-state index in [1.165, 1.54) is 7.11 Å². The molecule has 0 radical (unpaired) electrons. The number of aromatic nitrogens is 2. The molecule has 4 aromatic rings. The average molecular weight is 493 g/mol. The second kappa shape index (κ2) is 10.8. The molecule has 3 aromatic carbocycles. The highest BCUT2D eigenvalue weighted by atomic mass is 35.5. The quantitative estimate of drug-likeness (QED) is 0.241. The van der Waals surface area contributed by atoms with Crippen LogP contribution >= 0.6 is 23.8 Å². The Hall–Kier alpha value is -3.88. The van der Waals surface area contributed by atoms with E-state index in [0.717, 1.165) is 16.8 Å². The number of anilines is 1. The van der Waals surface area contributed by atoms with Crippen LogP contribution in [-0.2, 0) is 4.79 Å². The number of hydrogen-bond donors (Lipinski definition) is 2. The molecule has 0 aliphatic carbocycles. The lowest BCUT2D eigenvalue weighted by Gasteiger charge is -2.12. The minimum absolute atomic E-state index is 0.199. The molecule has 1 aromatic heterocycles. The third kappa shape index (κ3) is 5.72. The summed E-state index contributed by atoms with van der Waals surface area (Å²) < 4.78 is 13.1. The molecule has 0 fully saturated rings. The Bertz CT molecular complexity index is 1380. The summed E-state index contributed by atoms with van der Waals surface area (Å²) in [7, 11) is 1.53. The summed E-state index contributed by atoms with van der Waals surface area (Å²) in [6.45, 7) is -0.199. The fraction of sp³-hybridized carbons (Fsp3) is 0.0800. The molecule has 0 bridgehead atoms. The molecule has 0 spiro atoms. The summed E-state index contributed by atoms with van der Waals surface area (Å²) in [6.07, 6.45) is 3.50. The van der Waals surface area contributed by atoms with Gasteiger partial charge < -0.3 is 19.8 Å². The molecule has 1 heterocycles. The molecule has 9 heteroatoms. The van der Waals surface area contributed by atoms with Crippen molar-refractivity contribution < 1.29 is 14.3 Å². The van der Waals surface area contributed by atoms with E-state index >= 15 is 0 Å². The number of hydrogen-bond acceptors (Lipinski definition) is 5. The van der Waals surface area contributed by atoms with Gasteiger partial charge in [-0.2, -0.15) is 5.10 Å². The van der Waals surface area contributed by atoms with Gasteiger partial charge in [0.1, 0.15) is 0 Å². The van der Waals surface area contributed by atoms with Gasteiger partial charge in [-0.25, -0.2) is 4.68 Å². The van der Waals surface area contributed by atoms with Crippen LogP contribution in [0.2, 0.25) is 5.02 Å². The smallest absolute Gasteiger partial charge is 0.262 e. The van der Waals surface area contributed by atoms with Crippen molar-refractivity contribution in [2.24, 2.45) is 5.10 Å². The van der Waals surface area contributed by atoms with Crippen LogP contribution < -0.4 is 14.8 Å². The van der Waals surface area contributed by atoms with E-state index in [-0.39, 0.29) is 12.5 Å². The summed E-state index contributed by atoms with van der Waals surface area (Å²) >= 11 is 11.4. The fourth-order valence-electron chi connectivity index (χ4n) is 3.14. The molecule has 1 amide bonds. The Labute approximate surface area is 206 Å². The molecule has 0 saturated heterocycles. The van der Waals surface area contributed by atoms with Crippen molar-refractivity contribution in [3.05, 3.63) is 94.4 Å². The molecule has 172 valence electrons. The second-order valence-electron chi connectivity index (χ2n) is 7.16. The summed E-state index contributed by atoms with van der Waals surface area (Å²) in [4.78, 5) is 15.4. The Morgan fingerprint density at radius 2 is 1.88 bits per heavy atom. The van der Waals surface area contributed by atoms with Crippen molar-refractivity contribution in [3.63, 3.8) is 0 Å². The normalized spacial score (nSPS) is 10.9. The van der Waals surface area contributed by atoms with Gasteiger partial charge in [0, 0.05) is 0 Å². The monoisotopic (exact) mass is 492 g/mol. The Kier molecular flexibility index (Phi) is 7.41. The van der Waals surface area contributed by atoms with Crippen molar-refractivity contribution in [1.29, 1.82) is 0 Å². The number of nitrogens with one attached hydrogen (secondary N) is 2. The van der Waals surface area contributed by atoms with Gasteiger partial charge in [-0.1, -0.05) is 54.1 Å². The van der Waals surface area contributed by atoms with Gasteiger partial charge in [0.25, 0.3) is 5.91 Å². The van der Waals surface area contributed by atoms with E-state index < -0.39 is 0 Å². The van der Waals surface area contributed by atoms with Crippen LogP contribution in [0, 0.1) is 4.77 Å². The maximum Gasteiger partial charge on any atom is 0.262 e. The largest absolute Gasteiger partial charge is 0.493 e. The molecule has 4 rings (SSSR count). The van der Waals surface area contributed by atoms with Crippen LogP contribution in [0.4, 0.5) is 5.69 Å². The zero-order valence-corrected chi connectivity index (χ0v) is 19.8. The standard InChI is InChI=1S/C25H21ClN4O3S/c1-32-23-13-17(14-27-30-15-21(29-25(30)34)18-7-3-2-4-8-18)11-12-22(23)33-16-24(31)28-20-10-6-5-9-19(20)26/h2-15H,16H2,1H3,(H,28,31)(H,29,34)/b27-14-. The minimum Gasteiger partial charge on any atom is -0.493 e. The van der Waals surface area contributed by atoms with Crippen molar-refractivity contribution in [2.75, 3.05) is 19.0 Å². The first-order valence-electron chi connectivity index (χ1n) is 10.3. The number of methoxy groups -OCH3 is 1. The Morgan fingerprint density at radius 3 is 2.65 bits per heavy atom. The van der Waals surface area contributed by atoms with Crippen molar-refractivity contribution in [2.45, 2.75) is 0 Å². The Morgan fingerprint density at radius 1 is 1.12 bits per heavy atom. The van der Waals surface area contributed by atoms with E-state index in [0.29, 0.717) is 27.0 Å². The molecule has 0 aliphatic heterocycles. The minimum atomic E-state index is -0.336. The van der Waals surface area contributed by atoms with Crippen molar-refractivity contribution in [3.8, 4) is 22.8 Å². The maximum absolute atomic E-state index is 12.2. The van der Waals surface area contributed by atoms with Crippen LogP contribution in [0.5, 0.6) is 11.5 Å². The highest BCUT2D eigenvalue weighted by Crippen LogP contribution is 2.28.